The summed E-state index contributed by atoms with van der Waals surface area (Å²) in [6.45, 7) is 6.33. The molecule has 0 aliphatic heterocycles. The van der Waals surface area contributed by atoms with E-state index >= 15 is 0 Å². The fourth-order valence-electron chi connectivity index (χ4n) is 2.46. The highest BCUT2D eigenvalue weighted by atomic mass is 32.2. The number of nitrogens with zero attached hydrogens (tertiary/aromatic N) is 2. The average molecular weight is 382 g/mol. The lowest BCUT2D eigenvalue weighted by molar-refractivity contribution is -0.113. The second-order valence-electron chi connectivity index (χ2n) is 6.32. The molecule has 0 radical (unpaired) electrons. The second-order valence-corrected chi connectivity index (χ2v) is 7.26. The summed E-state index contributed by atoms with van der Waals surface area (Å²) in [7, 11) is 0. The number of aryl methyl sites for hydroxylation is 3. The quantitative estimate of drug-likeness (QED) is 0.603. The van der Waals surface area contributed by atoms with Crippen molar-refractivity contribution < 1.29 is 9.53 Å². The maximum absolute atomic E-state index is 12.1. The number of H-pyrrole nitrogens is 1. The molecule has 0 aliphatic carbocycles. The Labute approximate surface area is 162 Å². The van der Waals surface area contributed by atoms with Gasteiger partial charge in [-0.05, 0) is 44.5 Å². The van der Waals surface area contributed by atoms with Gasteiger partial charge in [0.05, 0.1) is 5.75 Å². The zero-order valence-corrected chi connectivity index (χ0v) is 16.4. The third kappa shape index (κ3) is 5.59. The first-order valence-electron chi connectivity index (χ1n) is 8.60. The number of carbonyl (C=O) groups is 1. The van der Waals surface area contributed by atoms with Gasteiger partial charge in [0, 0.05) is 5.69 Å². The molecule has 0 atom stereocenters. The van der Waals surface area contributed by atoms with Crippen molar-refractivity contribution in [3.8, 4) is 5.75 Å². The average Bonchev–Trinajstić information content (AvgIpc) is 3.10. The van der Waals surface area contributed by atoms with Crippen molar-refractivity contribution in [1.29, 1.82) is 0 Å². The zero-order valence-electron chi connectivity index (χ0n) is 15.6. The molecule has 2 aromatic carbocycles. The van der Waals surface area contributed by atoms with Gasteiger partial charge in [0.1, 0.15) is 12.4 Å². The van der Waals surface area contributed by atoms with Crippen LogP contribution in [0, 0.1) is 20.8 Å². The highest BCUT2D eigenvalue weighted by Crippen LogP contribution is 2.18. The smallest absolute Gasteiger partial charge is 0.234 e. The van der Waals surface area contributed by atoms with Crippen LogP contribution in [0.2, 0.25) is 0 Å². The van der Waals surface area contributed by atoms with Crippen LogP contribution in [0.25, 0.3) is 0 Å². The van der Waals surface area contributed by atoms with Crippen LogP contribution in [0.1, 0.15) is 22.5 Å². The van der Waals surface area contributed by atoms with Gasteiger partial charge >= 0.3 is 0 Å². The number of aromatic nitrogens is 3. The van der Waals surface area contributed by atoms with Gasteiger partial charge < -0.3 is 10.1 Å². The van der Waals surface area contributed by atoms with E-state index in [0.29, 0.717) is 17.6 Å². The molecule has 1 amide bonds. The third-order valence-corrected chi connectivity index (χ3v) is 4.74. The number of hydrogen-bond donors (Lipinski definition) is 2. The van der Waals surface area contributed by atoms with E-state index < -0.39 is 0 Å². The van der Waals surface area contributed by atoms with Crippen LogP contribution < -0.4 is 10.1 Å². The van der Waals surface area contributed by atoms with E-state index in [0.717, 1.165) is 17.0 Å². The maximum atomic E-state index is 12.1. The first kappa shape index (κ1) is 19.0. The summed E-state index contributed by atoms with van der Waals surface area (Å²) < 4.78 is 5.67. The third-order valence-electron chi connectivity index (χ3n) is 3.90. The first-order valence-corrected chi connectivity index (χ1v) is 9.59. The summed E-state index contributed by atoms with van der Waals surface area (Å²) in [5.41, 5.74) is 4.22. The minimum absolute atomic E-state index is 0.0887. The van der Waals surface area contributed by atoms with Crippen LogP contribution >= 0.6 is 11.8 Å². The molecule has 2 N–H and O–H groups in total. The minimum atomic E-state index is -0.0887. The lowest BCUT2D eigenvalue weighted by Gasteiger charge is -2.08. The fourth-order valence-corrected chi connectivity index (χ4v) is 3.08. The fraction of sp³-hybridized carbons (Fsp3) is 0.250. The standard InChI is InChI=1S/C20H22N4O2S/c1-13-4-7-16(8-5-13)26-11-18-22-20(24-23-18)27-12-19(25)21-17-9-6-14(2)10-15(17)3/h4-10H,11-12H2,1-3H3,(H,21,25)(H,22,23,24). The monoisotopic (exact) mass is 382 g/mol. The van der Waals surface area contributed by atoms with Crippen LogP contribution in [0.4, 0.5) is 5.69 Å². The molecule has 140 valence electrons. The van der Waals surface area contributed by atoms with E-state index in [4.69, 9.17) is 4.74 Å². The summed E-state index contributed by atoms with van der Waals surface area (Å²) in [4.78, 5) is 16.5. The molecule has 0 spiro atoms. The highest BCUT2D eigenvalue weighted by Gasteiger charge is 2.09. The zero-order chi connectivity index (χ0) is 19.2. The molecule has 3 rings (SSSR count). The number of rotatable bonds is 7. The molecule has 1 aromatic heterocycles. The number of amides is 1. The van der Waals surface area contributed by atoms with E-state index in [1.165, 1.54) is 22.9 Å². The number of thioether (sulfide) groups is 1. The van der Waals surface area contributed by atoms with Gasteiger partial charge in [-0.15, -0.1) is 5.10 Å². The molecule has 1 heterocycles. The van der Waals surface area contributed by atoms with Crippen molar-refractivity contribution in [2.24, 2.45) is 0 Å². The summed E-state index contributed by atoms with van der Waals surface area (Å²) in [6, 6.07) is 13.7. The van der Waals surface area contributed by atoms with Crippen molar-refractivity contribution >= 4 is 23.4 Å². The second kappa shape index (κ2) is 8.73. The van der Waals surface area contributed by atoms with E-state index in [9.17, 15) is 4.79 Å². The Balaban J connectivity index is 1.47. The van der Waals surface area contributed by atoms with Crippen LogP contribution in [-0.4, -0.2) is 26.8 Å². The summed E-state index contributed by atoms with van der Waals surface area (Å²) in [5.74, 6) is 1.55. The molecular weight excluding hydrogens is 360 g/mol. The number of benzene rings is 2. The SMILES string of the molecule is Cc1ccc(OCc2nc(SCC(=O)Nc3ccc(C)cc3C)n[nH]2)cc1. The van der Waals surface area contributed by atoms with Gasteiger partial charge in [0.25, 0.3) is 0 Å². The molecule has 0 aliphatic rings. The van der Waals surface area contributed by atoms with Crippen LogP contribution in [0.15, 0.2) is 47.6 Å². The number of nitrogens with one attached hydrogen (secondary N) is 2. The van der Waals surface area contributed by atoms with E-state index in [-0.39, 0.29) is 11.7 Å². The van der Waals surface area contributed by atoms with E-state index in [1.807, 2.05) is 63.2 Å². The maximum Gasteiger partial charge on any atom is 0.234 e. The van der Waals surface area contributed by atoms with Crippen molar-refractivity contribution in [3.05, 3.63) is 65.0 Å². The van der Waals surface area contributed by atoms with Crippen molar-refractivity contribution in [1.82, 2.24) is 15.2 Å². The molecule has 3 aromatic rings. The van der Waals surface area contributed by atoms with Crippen LogP contribution in [-0.2, 0) is 11.4 Å². The van der Waals surface area contributed by atoms with Crippen molar-refractivity contribution in [3.63, 3.8) is 0 Å². The molecular formula is C20H22N4O2S. The highest BCUT2D eigenvalue weighted by molar-refractivity contribution is 7.99. The van der Waals surface area contributed by atoms with Crippen LogP contribution in [0.5, 0.6) is 5.75 Å². The van der Waals surface area contributed by atoms with Gasteiger partial charge in [-0.2, -0.15) is 0 Å². The number of ether oxygens (including phenoxy) is 1. The molecule has 0 saturated carbocycles. The van der Waals surface area contributed by atoms with Gasteiger partial charge in [-0.3, -0.25) is 9.89 Å². The van der Waals surface area contributed by atoms with Gasteiger partial charge in [-0.25, -0.2) is 4.98 Å². The van der Waals surface area contributed by atoms with E-state index in [2.05, 4.69) is 20.5 Å². The van der Waals surface area contributed by atoms with Crippen molar-refractivity contribution in [2.45, 2.75) is 32.5 Å². The predicted molar refractivity (Wildman–Crippen MR) is 107 cm³/mol. The molecule has 0 bridgehead atoms. The topological polar surface area (TPSA) is 79.9 Å². The Bertz CT molecular complexity index is 922. The number of aromatic amines is 1. The predicted octanol–water partition coefficient (Wildman–Crippen LogP) is 4.04. The lowest BCUT2D eigenvalue weighted by Crippen LogP contribution is -2.15. The Morgan fingerprint density at radius 2 is 1.85 bits per heavy atom. The summed E-state index contributed by atoms with van der Waals surface area (Å²) in [6.07, 6.45) is 0. The first-order chi connectivity index (χ1) is 13.0. The Hall–Kier alpha value is -2.80. The van der Waals surface area contributed by atoms with E-state index in [1.54, 1.807) is 0 Å². The largest absolute Gasteiger partial charge is 0.486 e. The molecule has 0 saturated heterocycles. The summed E-state index contributed by atoms with van der Waals surface area (Å²) in [5, 5.41) is 10.4. The van der Waals surface area contributed by atoms with Gasteiger partial charge in [0.15, 0.2) is 5.82 Å². The Morgan fingerprint density at radius 1 is 1.11 bits per heavy atom. The normalized spacial score (nSPS) is 10.6. The Morgan fingerprint density at radius 3 is 2.59 bits per heavy atom. The number of anilines is 1. The minimum Gasteiger partial charge on any atom is -0.486 e. The Kier molecular flexibility index (Phi) is 6.13. The summed E-state index contributed by atoms with van der Waals surface area (Å²) >= 11 is 1.28. The van der Waals surface area contributed by atoms with Crippen molar-refractivity contribution in [2.75, 3.05) is 11.1 Å². The van der Waals surface area contributed by atoms with Gasteiger partial charge in [-0.1, -0.05) is 47.2 Å². The van der Waals surface area contributed by atoms with Crippen LogP contribution in [0.3, 0.4) is 0 Å². The van der Waals surface area contributed by atoms with Gasteiger partial charge in [0.2, 0.25) is 11.1 Å². The lowest BCUT2D eigenvalue weighted by atomic mass is 10.1. The molecule has 0 fully saturated rings. The number of carbonyl (C=O) groups excluding carboxylic acids is 1. The number of hydrogen-bond acceptors (Lipinski definition) is 5. The molecule has 0 unspecified atom stereocenters. The molecule has 27 heavy (non-hydrogen) atoms. The molecule has 6 nitrogen and oxygen atoms in total. The molecule has 7 heteroatoms.